The summed E-state index contributed by atoms with van der Waals surface area (Å²) in [5, 5.41) is 0. The Hall–Kier alpha value is 2.45. The second-order valence-corrected chi connectivity index (χ2v) is 0. The minimum Gasteiger partial charge on any atom is 0 e. The fourth-order valence-corrected chi connectivity index (χ4v) is 0. The summed E-state index contributed by atoms with van der Waals surface area (Å²) in [6, 6.07) is 0. The molecule has 0 N–H and O–H groups in total. The van der Waals surface area contributed by atoms with Crippen LogP contribution in [-0.4, -0.2) is 0 Å². The largest absolute Gasteiger partial charge is 0 e. The van der Waals surface area contributed by atoms with Gasteiger partial charge < -0.3 is 0 Å². The molecule has 0 atom stereocenters. The summed E-state index contributed by atoms with van der Waals surface area (Å²) in [4.78, 5) is 0. The van der Waals surface area contributed by atoms with E-state index in [1.54, 1.807) is 0 Å². The Morgan fingerprint density at radius 1 is 1.00 bits per heavy atom. The standard InChI is InChI=1S/Ir.Ni.Pt.Rh. The molecule has 0 aromatic carbocycles. The van der Waals surface area contributed by atoms with Gasteiger partial charge in [0.05, 0.1) is 0 Å². The summed E-state index contributed by atoms with van der Waals surface area (Å²) < 4.78 is 0. The van der Waals surface area contributed by atoms with E-state index >= 15 is 0 Å². The quantitative estimate of drug-likeness (QED) is 0.374. The monoisotopic (exact) mass is 549 g/mol. The molecule has 0 bridgehead atoms. The Labute approximate surface area is 76.2 Å². The summed E-state index contributed by atoms with van der Waals surface area (Å²) in [5.41, 5.74) is 0. The summed E-state index contributed by atoms with van der Waals surface area (Å²) >= 11 is 0. The molecule has 0 unspecified atom stereocenters. The molecule has 0 nitrogen and oxygen atoms in total. The Morgan fingerprint density at radius 2 is 1.00 bits per heavy atom. The van der Waals surface area contributed by atoms with Crippen LogP contribution < -0.4 is 0 Å². The molecule has 0 aromatic heterocycles. The van der Waals surface area contributed by atoms with Crippen molar-refractivity contribution in [3.05, 3.63) is 0 Å². The topological polar surface area (TPSA) is 0 Å². The Bertz CT molecular complexity index is 8.00. The molecule has 0 rings (SSSR count). The molecule has 4 heavy (non-hydrogen) atoms. The van der Waals surface area contributed by atoms with Gasteiger partial charge in [0.1, 0.15) is 0 Å². The maximum atomic E-state index is 0. The van der Waals surface area contributed by atoms with E-state index < -0.39 is 0 Å². The third-order valence-corrected chi connectivity index (χ3v) is 0. The summed E-state index contributed by atoms with van der Waals surface area (Å²) in [6.45, 7) is 0. The molecule has 0 aliphatic carbocycles. The van der Waals surface area contributed by atoms with Crippen LogP contribution in [0.5, 0.6) is 0 Å². The average molecular weight is 549 g/mol. The number of hydrogen-bond donors (Lipinski definition) is 0. The minimum absolute atomic E-state index is 0. The van der Waals surface area contributed by atoms with E-state index in [1.165, 1.54) is 0 Å². The summed E-state index contributed by atoms with van der Waals surface area (Å²) in [7, 11) is 0. The van der Waals surface area contributed by atoms with Gasteiger partial charge in [-0.1, -0.05) is 0 Å². The fourth-order valence-electron chi connectivity index (χ4n) is 0. The smallest absolute Gasteiger partial charge is 0 e. The second kappa shape index (κ2) is 18.0. The summed E-state index contributed by atoms with van der Waals surface area (Å²) in [5.74, 6) is 0. The molecule has 0 saturated carbocycles. The van der Waals surface area contributed by atoms with Gasteiger partial charge in [-0.3, -0.25) is 0 Å². The van der Waals surface area contributed by atoms with Crippen LogP contribution in [0.3, 0.4) is 0 Å². The van der Waals surface area contributed by atoms with E-state index in [2.05, 4.69) is 0 Å². The van der Waals surface area contributed by atoms with Gasteiger partial charge in [0, 0.05) is 77.1 Å². The van der Waals surface area contributed by atoms with Crippen LogP contribution in [0.1, 0.15) is 0 Å². The SMILES string of the molecule is [Ir].[Ni].[Pt].[Rh]. The van der Waals surface area contributed by atoms with Crippen LogP contribution in [0.15, 0.2) is 0 Å². The molecule has 0 amide bonds. The normalized spacial score (nSPS) is 0. The zero-order valence-corrected chi connectivity index (χ0v) is 8.59. The molecule has 0 fully saturated rings. The third kappa shape index (κ3) is 8.82. The number of hydrogen-bond acceptors (Lipinski definition) is 0. The molecular formula is IrNiPtRh. The van der Waals surface area contributed by atoms with E-state index in [0.717, 1.165) is 0 Å². The van der Waals surface area contributed by atoms with Crippen molar-refractivity contribution < 1.29 is 77.1 Å². The van der Waals surface area contributed by atoms with Crippen LogP contribution >= 0.6 is 0 Å². The van der Waals surface area contributed by atoms with Gasteiger partial charge in [-0.25, -0.2) is 0 Å². The van der Waals surface area contributed by atoms with Gasteiger partial charge in [0.2, 0.25) is 0 Å². The maximum Gasteiger partial charge on any atom is 0 e. The predicted octanol–water partition coefficient (Wildman–Crippen LogP) is -0.0100. The third-order valence-electron chi connectivity index (χ3n) is 0. The van der Waals surface area contributed by atoms with Gasteiger partial charge in [-0.2, -0.15) is 0 Å². The van der Waals surface area contributed by atoms with E-state index in [9.17, 15) is 0 Å². The zero-order chi connectivity index (χ0) is 0. The first-order valence-electron chi connectivity index (χ1n) is 0. The van der Waals surface area contributed by atoms with Crippen LogP contribution in [0.4, 0.5) is 0 Å². The molecule has 0 aromatic rings. The fraction of sp³-hybridized carbons (Fsp3) is 0. The van der Waals surface area contributed by atoms with E-state index in [1.807, 2.05) is 0 Å². The first kappa shape index (κ1) is 31.9. The molecule has 0 aliphatic rings. The molecule has 0 spiro atoms. The van der Waals surface area contributed by atoms with Crippen LogP contribution in [0.2, 0.25) is 0 Å². The van der Waals surface area contributed by atoms with Crippen molar-refractivity contribution in [2.45, 2.75) is 0 Å². The van der Waals surface area contributed by atoms with Gasteiger partial charge >= 0.3 is 0 Å². The molecule has 2 radical (unpaired) electrons. The van der Waals surface area contributed by atoms with Crippen molar-refractivity contribution in [1.82, 2.24) is 0 Å². The van der Waals surface area contributed by atoms with Gasteiger partial charge in [0.25, 0.3) is 0 Å². The van der Waals surface area contributed by atoms with Crippen molar-refractivity contribution in [1.29, 1.82) is 0 Å². The van der Waals surface area contributed by atoms with Crippen molar-refractivity contribution in [2.75, 3.05) is 0 Å². The maximum absolute atomic E-state index is 0. The van der Waals surface area contributed by atoms with E-state index in [-0.39, 0.29) is 77.1 Å². The molecule has 0 saturated heterocycles. The number of rotatable bonds is 0. The average Bonchev–Trinajstić information content (AvgIpc) is 0. The minimum atomic E-state index is 0. The van der Waals surface area contributed by atoms with Crippen LogP contribution in [0.25, 0.3) is 0 Å². The van der Waals surface area contributed by atoms with Crippen molar-refractivity contribution in [3.63, 3.8) is 0 Å². The van der Waals surface area contributed by atoms with E-state index in [0.29, 0.717) is 0 Å². The molecule has 0 aliphatic heterocycles. The van der Waals surface area contributed by atoms with Crippen molar-refractivity contribution in [2.24, 2.45) is 0 Å². The van der Waals surface area contributed by atoms with Gasteiger partial charge in [0.15, 0.2) is 0 Å². The second-order valence-electron chi connectivity index (χ2n) is 0. The van der Waals surface area contributed by atoms with Crippen LogP contribution in [0, 0.1) is 0 Å². The Balaban J connectivity index is 0. The van der Waals surface area contributed by atoms with Crippen LogP contribution in [-0.2, 0) is 77.1 Å². The van der Waals surface area contributed by atoms with E-state index in [4.69, 9.17) is 0 Å². The van der Waals surface area contributed by atoms with Crippen molar-refractivity contribution in [3.8, 4) is 0 Å². The Kier molecular flexibility index (Phi) is 143. The van der Waals surface area contributed by atoms with Gasteiger partial charge in [-0.05, 0) is 0 Å². The molecule has 4 heteroatoms. The predicted molar refractivity (Wildman–Crippen MR) is 0 cm³/mol. The first-order chi connectivity index (χ1) is 0. The summed E-state index contributed by atoms with van der Waals surface area (Å²) in [6.07, 6.45) is 0. The zero-order valence-electron chi connectivity index (χ0n) is 1.30. The first-order valence-corrected chi connectivity index (χ1v) is 0. The Morgan fingerprint density at radius 3 is 1.00 bits per heavy atom. The van der Waals surface area contributed by atoms with Gasteiger partial charge in [-0.15, -0.1) is 0 Å². The molecule has 0 heterocycles. The van der Waals surface area contributed by atoms with Crippen molar-refractivity contribution >= 4 is 0 Å². The molecular weight excluding hydrogens is 549 g/mol. The molecule has 38 valence electrons.